The summed E-state index contributed by atoms with van der Waals surface area (Å²) in [6.07, 6.45) is 3.76. The molecular weight excluding hydrogens is 306 g/mol. The third-order valence-corrected chi connectivity index (χ3v) is 3.39. The van der Waals surface area contributed by atoms with E-state index in [1.807, 2.05) is 53.2 Å². The summed E-state index contributed by atoms with van der Waals surface area (Å²) in [5, 5.41) is 0. The molecule has 0 amide bonds. The highest BCUT2D eigenvalue weighted by molar-refractivity contribution is 9.10. The summed E-state index contributed by atoms with van der Waals surface area (Å²) < 4.78 is 8.56. The Kier molecular flexibility index (Phi) is 3.13. The summed E-state index contributed by atoms with van der Waals surface area (Å²) >= 11 is 3.45. The minimum atomic E-state index is 0.421. The minimum Gasteiger partial charge on any atom is -0.486 e. The molecule has 0 aliphatic rings. The highest BCUT2D eigenvalue weighted by Crippen LogP contribution is 2.24. The van der Waals surface area contributed by atoms with Gasteiger partial charge in [0.2, 0.25) is 0 Å². The van der Waals surface area contributed by atoms with Crippen molar-refractivity contribution in [1.29, 1.82) is 0 Å². The maximum atomic E-state index is 5.73. The van der Waals surface area contributed by atoms with Crippen molar-refractivity contribution in [2.45, 2.75) is 6.61 Å². The van der Waals surface area contributed by atoms with Gasteiger partial charge in [-0.05, 0) is 40.2 Å². The van der Waals surface area contributed by atoms with Gasteiger partial charge in [0, 0.05) is 18.1 Å². The van der Waals surface area contributed by atoms with Crippen molar-refractivity contribution >= 4 is 27.3 Å². The number of nitrogens with zero attached hydrogens (tertiary/aromatic N) is 2. The van der Waals surface area contributed by atoms with Crippen LogP contribution in [0.2, 0.25) is 0 Å². The Morgan fingerprint density at radius 2 is 2.00 bits per heavy atom. The molecule has 2 aromatic heterocycles. The van der Waals surface area contributed by atoms with Gasteiger partial charge in [-0.3, -0.25) is 0 Å². The molecule has 3 rings (SSSR count). The number of nitrogens with two attached hydrogens (primary N) is 1. The molecule has 0 spiro atoms. The van der Waals surface area contributed by atoms with Crippen LogP contribution in [0.4, 0.5) is 5.69 Å². The molecular formula is C14H12BrN3O. The molecule has 96 valence electrons. The van der Waals surface area contributed by atoms with Gasteiger partial charge >= 0.3 is 0 Å². The van der Waals surface area contributed by atoms with Gasteiger partial charge in [-0.15, -0.1) is 0 Å². The molecule has 0 bridgehead atoms. The van der Waals surface area contributed by atoms with Crippen molar-refractivity contribution in [2.24, 2.45) is 0 Å². The number of para-hydroxylation sites is 1. The summed E-state index contributed by atoms with van der Waals surface area (Å²) in [7, 11) is 0. The van der Waals surface area contributed by atoms with E-state index in [-0.39, 0.29) is 0 Å². The second kappa shape index (κ2) is 4.93. The summed E-state index contributed by atoms with van der Waals surface area (Å²) in [5.41, 5.74) is 8.17. The van der Waals surface area contributed by atoms with Crippen LogP contribution in [0.15, 0.2) is 53.3 Å². The normalized spacial score (nSPS) is 10.8. The Labute approximate surface area is 119 Å². The number of hydrogen-bond acceptors (Lipinski definition) is 3. The van der Waals surface area contributed by atoms with Gasteiger partial charge in [-0.25, -0.2) is 4.98 Å². The van der Waals surface area contributed by atoms with Crippen LogP contribution in [-0.4, -0.2) is 9.38 Å². The van der Waals surface area contributed by atoms with E-state index in [1.165, 1.54) is 0 Å². The van der Waals surface area contributed by atoms with Crippen LogP contribution < -0.4 is 10.5 Å². The lowest BCUT2D eigenvalue weighted by Crippen LogP contribution is -1.95. The summed E-state index contributed by atoms with van der Waals surface area (Å²) in [5.74, 6) is 0.805. The lowest BCUT2D eigenvalue weighted by Gasteiger charge is -2.05. The van der Waals surface area contributed by atoms with Crippen LogP contribution in [0.1, 0.15) is 5.69 Å². The quantitative estimate of drug-likeness (QED) is 0.806. The number of halogens is 1. The van der Waals surface area contributed by atoms with Gasteiger partial charge in [0.15, 0.2) is 0 Å². The van der Waals surface area contributed by atoms with Crippen LogP contribution >= 0.6 is 15.9 Å². The first-order chi connectivity index (χ1) is 9.22. The molecule has 19 heavy (non-hydrogen) atoms. The first-order valence-electron chi connectivity index (χ1n) is 5.83. The monoisotopic (exact) mass is 317 g/mol. The van der Waals surface area contributed by atoms with Crippen molar-refractivity contribution in [3.8, 4) is 5.75 Å². The molecule has 4 nitrogen and oxygen atoms in total. The van der Waals surface area contributed by atoms with E-state index >= 15 is 0 Å². The molecule has 1 aromatic carbocycles. The number of pyridine rings is 1. The molecule has 0 saturated heterocycles. The van der Waals surface area contributed by atoms with E-state index in [0.717, 1.165) is 21.6 Å². The number of ether oxygens (including phenoxy) is 1. The zero-order valence-electron chi connectivity index (χ0n) is 10.1. The second-order valence-corrected chi connectivity index (χ2v) is 5.03. The lowest BCUT2D eigenvalue weighted by atomic mass is 10.3. The maximum absolute atomic E-state index is 5.73. The zero-order chi connectivity index (χ0) is 13.2. The average Bonchev–Trinajstić information content (AvgIpc) is 2.79. The molecule has 2 heterocycles. The van der Waals surface area contributed by atoms with Crippen molar-refractivity contribution in [1.82, 2.24) is 9.38 Å². The SMILES string of the molecule is Nc1ccc2nc(COc3ccccc3Br)cn2c1. The molecule has 0 saturated carbocycles. The van der Waals surface area contributed by atoms with E-state index in [2.05, 4.69) is 20.9 Å². The lowest BCUT2D eigenvalue weighted by molar-refractivity contribution is 0.300. The molecule has 0 radical (unpaired) electrons. The molecule has 0 unspecified atom stereocenters. The van der Waals surface area contributed by atoms with Gasteiger partial charge in [0.25, 0.3) is 0 Å². The Morgan fingerprint density at radius 3 is 2.84 bits per heavy atom. The number of hydrogen-bond donors (Lipinski definition) is 1. The molecule has 3 aromatic rings. The van der Waals surface area contributed by atoms with Crippen LogP contribution in [0, 0.1) is 0 Å². The smallest absolute Gasteiger partial charge is 0.137 e. The molecule has 0 aliphatic carbocycles. The van der Waals surface area contributed by atoms with Crippen molar-refractivity contribution in [3.63, 3.8) is 0 Å². The molecule has 0 aliphatic heterocycles. The standard InChI is InChI=1S/C14H12BrN3O/c15-12-3-1-2-4-13(12)19-9-11-8-18-7-10(16)5-6-14(18)17-11/h1-8H,9,16H2. The topological polar surface area (TPSA) is 52.5 Å². The third-order valence-electron chi connectivity index (χ3n) is 2.74. The van der Waals surface area contributed by atoms with Gasteiger partial charge in [0.1, 0.15) is 18.0 Å². The van der Waals surface area contributed by atoms with Gasteiger partial charge in [-0.2, -0.15) is 0 Å². The largest absolute Gasteiger partial charge is 0.486 e. The number of rotatable bonds is 3. The van der Waals surface area contributed by atoms with Crippen LogP contribution in [0.25, 0.3) is 5.65 Å². The van der Waals surface area contributed by atoms with Crippen molar-refractivity contribution in [3.05, 3.63) is 59.0 Å². The van der Waals surface area contributed by atoms with Gasteiger partial charge in [0.05, 0.1) is 10.2 Å². The Bertz CT molecular complexity index is 724. The van der Waals surface area contributed by atoms with E-state index in [9.17, 15) is 0 Å². The third kappa shape index (κ3) is 2.56. The fourth-order valence-electron chi connectivity index (χ4n) is 1.84. The maximum Gasteiger partial charge on any atom is 0.137 e. The number of anilines is 1. The van der Waals surface area contributed by atoms with E-state index < -0.39 is 0 Å². The molecule has 0 fully saturated rings. The van der Waals surface area contributed by atoms with Gasteiger partial charge in [-0.1, -0.05) is 12.1 Å². The predicted molar refractivity (Wildman–Crippen MR) is 78.1 cm³/mol. The number of fused-ring (bicyclic) bond motifs is 1. The number of benzene rings is 1. The van der Waals surface area contributed by atoms with Crippen molar-refractivity contribution in [2.75, 3.05) is 5.73 Å². The van der Waals surface area contributed by atoms with Gasteiger partial charge < -0.3 is 14.9 Å². The zero-order valence-corrected chi connectivity index (χ0v) is 11.7. The average molecular weight is 318 g/mol. The Morgan fingerprint density at radius 1 is 1.16 bits per heavy atom. The Hall–Kier alpha value is -2.01. The number of nitrogen functional groups attached to an aromatic ring is 1. The first-order valence-corrected chi connectivity index (χ1v) is 6.62. The Balaban J connectivity index is 1.80. The van der Waals surface area contributed by atoms with E-state index in [4.69, 9.17) is 10.5 Å². The summed E-state index contributed by atoms with van der Waals surface area (Å²) in [6.45, 7) is 0.421. The molecule has 5 heteroatoms. The summed E-state index contributed by atoms with van der Waals surface area (Å²) in [6, 6.07) is 11.5. The van der Waals surface area contributed by atoms with E-state index in [1.54, 1.807) is 0 Å². The fourth-order valence-corrected chi connectivity index (χ4v) is 2.24. The van der Waals surface area contributed by atoms with Crippen LogP contribution in [0.5, 0.6) is 5.75 Å². The number of aromatic nitrogens is 2. The van der Waals surface area contributed by atoms with Crippen molar-refractivity contribution < 1.29 is 4.74 Å². The predicted octanol–water partition coefficient (Wildman–Crippen LogP) is 3.26. The van der Waals surface area contributed by atoms with E-state index in [0.29, 0.717) is 12.3 Å². The first kappa shape index (κ1) is 12.0. The fraction of sp³-hybridized carbons (Fsp3) is 0.0714. The van der Waals surface area contributed by atoms with Crippen LogP contribution in [-0.2, 0) is 6.61 Å². The minimum absolute atomic E-state index is 0.421. The highest BCUT2D eigenvalue weighted by atomic mass is 79.9. The molecule has 2 N–H and O–H groups in total. The highest BCUT2D eigenvalue weighted by Gasteiger charge is 2.04. The number of imidazole rings is 1. The molecule has 0 atom stereocenters. The van der Waals surface area contributed by atoms with Crippen LogP contribution in [0.3, 0.4) is 0 Å². The summed E-state index contributed by atoms with van der Waals surface area (Å²) in [4.78, 5) is 4.47. The second-order valence-electron chi connectivity index (χ2n) is 4.18.